The average Bonchev–Trinajstić information content (AvgIpc) is 3.17. The van der Waals surface area contributed by atoms with E-state index in [9.17, 15) is 21.6 Å². The zero-order chi connectivity index (χ0) is 22.9. The third kappa shape index (κ3) is 4.49. The molecular formula is C22H14ClF3N2O3S. The fourth-order valence-electron chi connectivity index (χ4n) is 2.96. The molecular weight excluding hydrogens is 465 g/mol. The van der Waals surface area contributed by atoms with Gasteiger partial charge < -0.3 is 4.18 Å². The van der Waals surface area contributed by atoms with Crippen molar-refractivity contribution in [3.8, 4) is 22.8 Å². The fourth-order valence-corrected chi connectivity index (χ4v) is 4.13. The van der Waals surface area contributed by atoms with Gasteiger partial charge in [0.2, 0.25) is 5.88 Å². The Hall–Kier alpha value is -3.30. The Morgan fingerprint density at radius 3 is 2.25 bits per heavy atom. The lowest BCUT2D eigenvalue weighted by molar-refractivity contribution is -0.137. The highest BCUT2D eigenvalue weighted by Gasteiger charge is 2.32. The van der Waals surface area contributed by atoms with E-state index in [0.717, 1.165) is 18.2 Å². The third-order valence-electron chi connectivity index (χ3n) is 4.47. The number of halogens is 4. The monoisotopic (exact) mass is 478 g/mol. The fraction of sp³-hybridized carbons (Fsp3) is 0.0455. The van der Waals surface area contributed by atoms with Crippen molar-refractivity contribution >= 4 is 21.7 Å². The van der Waals surface area contributed by atoms with Gasteiger partial charge in [-0.2, -0.15) is 31.4 Å². The Morgan fingerprint density at radius 1 is 0.875 bits per heavy atom. The second-order valence-corrected chi connectivity index (χ2v) is 8.61. The van der Waals surface area contributed by atoms with Gasteiger partial charge >= 0.3 is 16.3 Å². The topological polar surface area (TPSA) is 61.2 Å². The maximum atomic E-state index is 13.0. The van der Waals surface area contributed by atoms with Crippen molar-refractivity contribution in [2.24, 2.45) is 0 Å². The number of hydrogen-bond acceptors (Lipinski definition) is 4. The number of rotatable bonds is 5. The van der Waals surface area contributed by atoms with Crippen LogP contribution in [0.2, 0.25) is 5.02 Å². The molecule has 1 heterocycles. The van der Waals surface area contributed by atoms with Gasteiger partial charge in [-0.1, -0.05) is 60.1 Å². The molecule has 5 nitrogen and oxygen atoms in total. The lowest BCUT2D eigenvalue weighted by Crippen LogP contribution is -2.14. The Kier molecular flexibility index (Phi) is 5.70. The number of para-hydroxylation sites is 1. The molecule has 0 radical (unpaired) electrons. The van der Waals surface area contributed by atoms with E-state index in [2.05, 4.69) is 5.10 Å². The second-order valence-electron chi connectivity index (χ2n) is 6.66. The molecule has 0 N–H and O–H groups in total. The van der Waals surface area contributed by atoms with Gasteiger partial charge in [-0.05, 0) is 30.3 Å². The van der Waals surface area contributed by atoms with E-state index in [1.807, 2.05) is 6.07 Å². The normalized spacial score (nSPS) is 12.0. The van der Waals surface area contributed by atoms with Crippen LogP contribution >= 0.6 is 11.6 Å². The van der Waals surface area contributed by atoms with Crippen molar-refractivity contribution in [2.75, 3.05) is 0 Å². The Morgan fingerprint density at radius 2 is 1.56 bits per heavy atom. The molecule has 0 saturated heterocycles. The summed E-state index contributed by atoms with van der Waals surface area (Å²) in [6, 6.07) is 20.2. The number of hydrogen-bond donors (Lipinski definition) is 0. The highest BCUT2D eigenvalue weighted by atomic mass is 35.5. The number of aromatic nitrogens is 2. The van der Waals surface area contributed by atoms with Crippen molar-refractivity contribution in [1.29, 1.82) is 0 Å². The maximum Gasteiger partial charge on any atom is 0.416 e. The van der Waals surface area contributed by atoms with Gasteiger partial charge in [0.15, 0.2) is 0 Å². The zero-order valence-electron chi connectivity index (χ0n) is 16.1. The van der Waals surface area contributed by atoms with Gasteiger partial charge in [0.05, 0.1) is 22.0 Å². The number of benzene rings is 3. The summed E-state index contributed by atoms with van der Waals surface area (Å²) in [5, 5.41) is 4.68. The van der Waals surface area contributed by atoms with Gasteiger partial charge in [0, 0.05) is 11.6 Å². The summed E-state index contributed by atoms with van der Waals surface area (Å²) < 4.78 is 71.2. The molecule has 4 rings (SSSR count). The van der Waals surface area contributed by atoms with Gasteiger partial charge in [-0.15, -0.1) is 0 Å². The van der Waals surface area contributed by atoms with Crippen LogP contribution in [0, 0.1) is 0 Å². The molecule has 0 spiro atoms. The van der Waals surface area contributed by atoms with Gasteiger partial charge in [-0.25, -0.2) is 0 Å². The van der Waals surface area contributed by atoms with Crippen molar-refractivity contribution in [1.82, 2.24) is 9.78 Å². The first-order valence-corrected chi connectivity index (χ1v) is 11.0. The Balaban J connectivity index is 1.81. The quantitative estimate of drug-likeness (QED) is 0.331. The Bertz CT molecular complexity index is 1370. The van der Waals surface area contributed by atoms with Crippen LogP contribution in [0.5, 0.6) is 5.88 Å². The molecule has 0 aliphatic rings. The lowest BCUT2D eigenvalue weighted by Gasteiger charge is -2.12. The van der Waals surface area contributed by atoms with Crippen LogP contribution in [-0.4, -0.2) is 18.2 Å². The predicted octanol–water partition coefficient (Wildman–Crippen LogP) is 5.98. The molecule has 32 heavy (non-hydrogen) atoms. The smallest absolute Gasteiger partial charge is 0.358 e. The molecule has 10 heteroatoms. The zero-order valence-corrected chi connectivity index (χ0v) is 17.7. The summed E-state index contributed by atoms with van der Waals surface area (Å²) in [5.74, 6) is -0.227. The van der Waals surface area contributed by atoms with Gasteiger partial charge in [0.25, 0.3) is 0 Å². The third-order valence-corrected chi connectivity index (χ3v) is 6.01. The molecule has 0 aliphatic carbocycles. The molecule has 0 amide bonds. The van der Waals surface area contributed by atoms with E-state index in [0.29, 0.717) is 23.0 Å². The van der Waals surface area contributed by atoms with Crippen molar-refractivity contribution in [2.45, 2.75) is 11.1 Å². The lowest BCUT2D eigenvalue weighted by atomic mass is 10.2. The van der Waals surface area contributed by atoms with Crippen molar-refractivity contribution in [3.63, 3.8) is 0 Å². The SMILES string of the molecule is O=S(=O)(Oc1cc(-c2ccccc2)nn1-c1ccccc1Cl)c1cccc(C(F)(F)F)c1. The first-order valence-electron chi connectivity index (χ1n) is 9.17. The molecule has 0 unspecified atom stereocenters. The van der Waals surface area contributed by atoms with E-state index in [1.54, 1.807) is 48.5 Å². The average molecular weight is 479 g/mol. The summed E-state index contributed by atoms with van der Waals surface area (Å²) in [6.45, 7) is 0. The van der Waals surface area contributed by atoms with E-state index in [4.69, 9.17) is 15.8 Å². The van der Waals surface area contributed by atoms with E-state index < -0.39 is 26.8 Å². The highest BCUT2D eigenvalue weighted by molar-refractivity contribution is 7.87. The minimum atomic E-state index is -4.70. The summed E-state index contributed by atoms with van der Waals surface area (Å²) in [7, 11) is -4.61. The van der Waals surface area contributed by atoms with E-state index in [-0.39, 0.29) is 10.9 Å². The van der Waals surface area contributed by atoms with Crippen LogP contribution < -0.4 is 4.18 Å². The first-order chi connectivity index (χ1) is 15.1. The second kappa shape index (κ2) is 8.33. The summed E-state index contributed by atoms with van der Waals surface area (Å²) in [6.07, 6.45) is -4.70. The minimum Gasteiger partial charge on any atom is -0.358 e. The van der Waals surface area contributed by atoms with Crippen LogP contribution in [0.25, 0.3) is 16.9 Å². The molecule has 3 aromatic carbocycles. The summed E-state index contributed by atoms with van der Waals surface area (Å²) in [4.78, 5) is -0.638. The standard InChI is InChI=1S/C22H14ClF3N2O3S/c23-18-11-4-5-12-20(18)28-21(14-19(27-28)15-7-2-1-3-8-15)31-32(29,30)17-10-6-9-16(13-17)22(24,25)26/h1-14H. The molecule has 0 fully saturated rings. The van der Waals surface area contributed by atoms with Gasteiger partial charge in [-0.3, -0.25) is 0 Å². The van der Waals surface area contributed by atoms with Crippen LogP contribution in [0.1, 0.15) is 5.56 Å². The van der Waals surface area contributed by atoms with E-state index in [1.165, 1.54) is 10.7 Å². The Labute approximate surface area is 186 Å². The first kappa shape index (κ1) is 21.9. The predicted molar refractivity (Wildman–Crippen MR) is 113 cm³/mol. The van der Waals surface area contributed by atoms with Crippen molar-refractivity contribution < 1.29 is 25.8 Å². The van der Waals surface area contributed by atoms with Crippen LogP contribution in [0.15, 0.2) is 89.8 Å². The van der Waals surface area contributed by atoms with Crippen LogP contribution in [0.4, 0.5) is 13.2 Å². The molecule has 4 aromatic rings. The molecule has 0 saturated carbocycles. The largest absolute Gasteiger partial charge is 0.416 e. The number of alkyl halides is 3. The van der Waals surface area contributed by atoms with Gasteiger partial charge in [0.1, 0.15) is 4.90 Å². The molecule has 0 bridgehead atoms. The van der Waals surface area contributed by atoms with Crippen molar-refractivity contribution in [3.05, 3.63) is 95.5 Å². The minimum absolute atomic E-state index is 0.227. The van der Waals surface area contributed by atoms with E-state index >= 15 is 0 Å². The molecule has 0 aliphatic heterocycles. The number of nitrogens with zero attached hydrogens (tertiary/aromatic N) is 2. The van der Waals surface area contributed by atoms with Crippen LogP contribution in [-0.2, 0) is 16.3 Å². The molecule has 1 aromatic heterocycles. The molecule has 164 valence electrons. The summed E-state index contributed by atoms with van der Waals surface area (Å²) >= 11 is 6.25. The maximum absolute atomic E-state index is 13.0. The van der Waals surface area contributed by atoms with Crippen LogP contribution in [0.3, 0.4) is 0 Å². The highest BCUT2D eigenvalue weighted by Crippen LogP contribution is 2.33. The summed E-state index contributed by atoms with van der Waals surface area (Å²) in [5.41, 5.74) is 0.303. The molecule has 0 atom stereocenters.